The highest BCUT2D eigenvalue weighted by Crippen LogP contribution is 2.37. The lowest BCUT2D eigenvalue weighted by molar-refractivity contribution is -0.122. The van der Waals surface area contributed by atoms with Crippen molar-refractivity contribution in [1.29, 1.82) is 0 Å². The standard InChI is InChI=1S/C23H20Cl2N2O2/c24-18-8-6-17(7-9-18)22-14-26(13-16-4-2-1-3-5-16)15-23(29)27(22)21-11-10-19(28)12-20(21)25/h1-12,22,28H,13-15H2/t22-/m0/s1. The fourth-order valence-electron chi connectivity index (χ4n) is 3.73. The third-order valence-corrected chi connectivity index (χ3v) is 5.62. The van der Waals surface area contributed by atoms with E-state index in [0.29, 0.717) is 28.8 Å². The average Bonchev–Trinajstić information content (AvgIpc) is 2.70. The lowest BCUT2D eigenvalue weighted by Crippen LogP contribution is -2.52. The molecular formula is C23H20Cl2N2O2. The lowest BCUT2D eigenvalue weighted by atomic mass is 10.0. The average molecular weight is 427 g/mol. The largest absolute Gasteiger partial charge is 0.508 e. The van der Waals surface area contributed by atoms with Crippen molar-refractivity contribution >= 4 is 34.8 Å². The van der Waals surface area contributed by atoms with Crippen molar-refractivity contribution in [3.8, 4) is 5.75 Å². The van der Waals surface area contributed by atoms with Gasteiger partial charge in [0.2, 0.25) is 5.91 Å². The number of rotatable bonds is 4. The summed E-state index contributed by atoms with van der Waals surface area (Å²) in [4.78, 5) is 17.1. The Hall–Kier alpha value is -2.53. The van der Waals surface area contributed by atoms with Gasteiger partial charge in [0.1, 0.15) is 5.75 Å². The normalized spacial score (nSPS) is 17.5. The van der Waals surface area contributed by atoms with E-state index in [9.17, 15) is 9.90 Å². The van der Waals surface area contributed by atoms with Crippen LogP contribution in [0.4, 0.5) is 5.69 Å². The Kier molecular flexibility index (Phi) is 5.76. The highest BCUT2D eigenvalue weighted by Gasteiger charge is 2.35. The molecule has 6 heteroatoms. The minimum Gasteiger partial charge on any atom is -0.508 e. The van der Waals surface area contributed by atoms with Crippen molar-refractivity contribution in [2.24, 2.45) is 0 Å². The Morgan fingerprint density at radius 3 is 2.38 bits per heavy atom. The molecule has 0 saturated carbocycles. The zero-order chi connectivity index (χ0) is 20.4. The summed E-state index contributed by atoms with van der Waals surface area (Å²) in [6.45, 7) is 1.63. The molecule has 4 nitrogen and oxygen atoms in total. The number of anilines is 1. The van der Waals surface area contributed by atoms with Gasteiger partial charge in [0, 0.05) is 24.2 Å². The summed E-state index contributed by atoms with van der Waals surface area (Å²) in [7, 11) is 0. The molecule has 29 heavy (non-hydrogen) atoms. The first-order valence-corrected chi connectivity index (χ1v) is 10.1. The number of piperazine rings is 1. The van der Waals surface area contributed by atoms with Gasteiger partial charge in [0.15, 0.2) is 0 Å². The number of halogens is 2. The van der Waals surface area contributed by atoms with Gasteiger partial charge in [0.25, 0.3) is 0 Å². The van der Waals surface area contributed by atoms with E-state index in [-0.39, 0.29) is 24.2 Å². The SMILES string of the molecule is O=C1CN(Cc2ccccc2)C[C@@H](c2ccc(Cl)cc2)N1c1ccc(O)cc1Cl. The van der Waals surface area contributed by atoms with Gasteiger partial charge < -0.3 is 10.0 Å². The summed E-state index contributed by atoms with van der Waals surface area (Å²) in [5.41, 5.74) is 2.73. The van der Waals surface area contributed by atoms with Crippen molar-refractivity contribution in [1.82, 2.24) is 4.90 Å². The van der Waals surface area contributed by atoms with Crippen LogP contribution >= 0.6 is 23.2 Å². The first-order chi connectivity index (χ1) is 14.0. The van der Waals surface area contributed by atoms with Crippen LogP contribution in [0.25, 0.3) is 0 Å². The minimum absolute atomic E-state index is 0.0419. The monoisotopic (exact) mass is 426 g/mol. The van der Waals surface area contributed by atoms with Crippen LogP contribution in [0.2, 0.25) is 10.0 Å². The number of amides is 1. The Labute approximate surface area is 179 Å². The van der Waals surface area contributed by atoms with Crippen LogP contribution in [-0.2, 0) is 11.3 Å². The number of hydrogen-bond donors (Lipinski definition) is 1. The maximum absolute atomic E-state index is 13.2. The van der Waals surface area contributed by atoms with Crippen LogP contribution in [0.15, 0.2) is 72.8 Å². The van der Waals surface area contributed by atoms with Gasteiger partial charge in [-0.1, -0.05) is 65.7 Å². The summed E-state index contributed by atoms with van der Waals surface area (Å²) in [6.07, 6.45) is 0. The van der Waals surface area contributed by atoms with E-state index in [1.54, 1.807) is 17.0 Å². The molecule has 1 N–H and O–H groups in total. The van der Waals surface area contributed by atoms with Crippen molar-refractivity contribution in [3.05, 3.63) is 94.0 Å². The number of carbonyl (C=O) groups excluding carboxylic acids is 1. The molecule has 3 aromatic carbocycles. The zero-order valence-corrected chi connectivity index (χ0v) is 17.1. The van der Waals surface area contributed by atoms with Gasteiger partial charge in [-0.3, -0.25) is 9.69 Å². The molecule has 0 unspecified atom stereocenters. The van der Waals surface area contributed by atoms with Crippen LogP contribution < -0.4 is 4.90 Å². The van der Waals surface area contributed by atoms with Crippen LogP contribution in [-0.4, -0.2) is 29.0 Å². The maximum Gasteiger partial charge on any atom is 0.241 e. The number of nitrogens with zero attached hydrogens (tertiary/aromatic N) is 2. The molecule has 1 atom stereocenters. The van der Waals surface area contributed by atoms with Gasteiger partial charge in [-0.2, -0.15) is 0 Å². The number of benzene rings is 3. The lowest BCUT2D eigenvalue weighted by Gasteiger charge is -2.41. The number of aromatic hydroxyl groups is 1. The molecule has 1 heterocycles. The van der Waals surface area contributed by atoms with Crippen LogP contribution in [0.3, 0.4) is 0 Å². The number of phenolic OH excluding ortho intramolecular Hbond substituents is 1. The molecule has 0 radical (unpaired) electrons. The molecule has 0 aromatic heterocycles. The Bertz CT molecular complexity index is 1010. The Morgan fingerprint density at radius 2 is 1.69 bits per heavy atom. The molecular weight excluding hydrogens is 407 g/mol. The molecule has 1 aliphatic heterocycles. The van der Waals surface area contributed by atoms with Gasteiger partial charge in [-0.05, 0) is 35.4 Å². The van der Waals surface area contributed by atoms with E-state index in [2.05, 4.69) is 17.0 Å². The highest BCUT2D eigenvalue weighted by atomic mass is 35.5. The van der Waals surface area contributed by atoms with E-state index in [1.807, 2.05) is 42.5 Å². The van der Waals surface area contributed by atoms with E-state index in [4.69, 9.17) is 23.2 Å². The second-order valence-electron chi connectivity index (χ2n) is 7.12. The van der Waals surface area contributed by atoms with Crippen molar-refractivity contribution in [2.75, 3.05) is 18.0 Å². The zero-order valence-electron chi connectivity index (χ0n) is 15.6. The third kappa shape index (κ3) is 4.40. The van der Waals surface area contributed by atoms with Crippen LogP contribution in [0.5, 0.6) is 5.75 Å². The molecule has 0 spiro atoms. The summed E-state index contributed by atoms with van der Waals surface area (Å²) in [5, 5.41) is 10.7. The summed E-state index contributed by atoms with van der Waals surface area (Å²) >= 11 is 12.5. The number of phenols is 1. The van der Waals surface area contributed by atoms with E-state index >= 15 is 0 Å². The Balaban J connectivity index is 1.70. The first kappa shape index (κ1) is 19.8. The molecule has 1 saturated heterocycles. The fraction of sp³-hybridized carbons (Fsp3) is 0.174. The molecule has 4 rings (SSSR count). The summed E-state index contributed by atoms with van der Waals surface area (Å²) < 4.78 is 0. The molecule has 0 bridgehead atoms. The third-order valence-electron chi connectivity index (χ3n) is 5.06. The second-order valence-corrected chi connectivity index (χ2v) is 7.97. The van der Waals surface area contributed by atoms with Gasteiger partial charge >= 0.3 is 0 Å². The predicted octanol–water partition coefficient (Wildman–Crippen LogP) is 5.29. The van der Waals surface area contributed by atoms with E-state index < -0.39 is 0 Å². The molecule has 1 aliphatic rings. The molecule has 3 aromatic rings. The first-order valence-electron chi connectivity index (χ1n) is 9.33. The van der Waals surface area contributed by atoms with E-state index in [0.717, 1.165) is 11.1 Å². The molecule has 148 valence electrons. The maximum atomic E-state index is 13.2. The molecule has 0 aliphatic carbocycles. The van der Waals surface area contributed by atoms with Gasteiger partial charge in [-0.15, -0.1) is 0 Å². The minimum atomic E-state index is -0.223. The number of carbonyl (C=O) groups is 1. The predicted molar refractivity (Wildman–Crippen MR) is 117 cm³/mol. The Morgan fingerprint density at radius 1 is 0.966 bits per heavy atom. The van der Waals surface area contributed by atoms with Crippen molar-refractivity contribution in [2.45, 2.75) is 12.6 Å². The molecule has 1 fully saturated rings. The fourth-order valence-corrected chi connectivity index (χ4v) is 4.12. The smallest absolute Gasteiger partial charge is 0.241 e. The van der Waals surface area contributed by atoms with E-state index in [1.165, 1.54) is 6.07 Å². The highest BCUT2D eigenvalue weighted by molar-refractivity contribution is 6.34. The van der Waals surface area contributed by atoms with Crippen molar-refractivity contribution < 1.29 is 9.90 Å². The van der Waals surface area contributed by atoms with Gasteiger partial charge in [0.05, 0.1) is 23.3 Å². The van der Waals surface area contributed by atoms with Crippen LogP contribution in [0.1, 0.15) is 17.2 Å². The van der Waals surface area contributed by atoms with Crippen LogP contribution in [0, 0.1) is 0 Å². The quantitative estimate of drug-likeness (QED) is 0.616. The van der Waals surface area contributed by atoms with Gasteiger partial charge in [-0.25, -0.2) is 0 Å². The topological polar surface area (TPSA) is 43.8 Å². The second kappa shape index (κ2) is 8.46. The van der Waals surface area contributed by atoms with Crippen molar-refractivity contribution in [3.63, 3.8) is 0 Å². The summed E-state index contributed by atoms with van der Waals surface area (Å²) in [6, 6.07) is 22.1. The number of hydrogen-bond acceptors (Lipinski definition) is 3. The molecule has 1 amide bonds. The summed E-state index contributed by atoms with van der Waals surface area (Å²) in [5.74, 6) is 0.0247.